The van der Waals surface area contributed by atoms with E-state index in [1.807, 2.05) is 40.1 Å². The number of thiophene rings is 7. The second-order valence-electron chi connectivity index (χ2n) is 32.2. The van der Waals surface area contributed by atoms with Gasteiger partial charge in [-0.3, -0.25) is 0 Å². The van der Waals surface area contributed by atoms with E-state index in [1.54, 1.807) is 45.4 Å². The maximum Gasteiger partial charge on any atom is 0.342 e. The number of hydrogen-bond donors (Lipinski definition) is 0. The molecule has 21 heteroatoms. The van der Waals surface area contributed by atoms with Crippen LogP contribution in [0.1, 0.15) is 253 Å². The zero-order chi connectivity index (χ0) is 79.8. The molecule has 0 aliphatic rings. The fraction of sp³-hybridized carbons (Fsp3) is 0.540. The molecule has 0 atom stereocenters. The van der Waals surface area contributed by atoms with Crippen LogP contribution in [0.5, 0.6) is 0 Å². The van der Waals surface area contributed by atoms with Crippen LogP contribution in [0.3, 0.4) is 0 Å². The normalized spacial score (nSPS) is 12.7. The van der Waals surface area contributed by atoms with Crippen LogP contribution >= 0.6 is 103 Å². The Balaban J connectivity index is 0.000000236. The van der Waals surface area contributed by atoms with E-state index in [-0.39, 0.29) is 58.2 Å². The van der Waals surface area contributed by atoms with Gasteiger partial charge >= 0.3 is 235 Å². The van der Waals surface area contributed by atoms with Gasteiger partial charge in [0.05, 0.1) is 66.1 Å². The van der Waals surface area contributed by atoms with Gasteiger partial charge in [0, 0.05) is 9.40 Å². The number of halogens is 2. The van der Waals surface area contributed by atoms with Gasteiger partial charge in [0.1, 0.15) is 35.9 Å². The molecule has 590 valence electrons. The van der Waals surface area contributed by atoms with Crippen molar-refractivity contribution < 1.29 is 38.1 Å². The summed E-state index contributed by atoms with van der Waals surface area (Å²) in [6, 6.07) is 28.6. The molecule has 8 nitrogen and oxygen atoms in total. The number of rotatable bonds is 32. The predicted molar refractivity (Wildman–Crippen MR) is 493 cm³/mol. The molecule has 0 amide bonds. The van der Waals surface area contributed by atoms with E-state index in [4.69, 9.17) is 42.1 Å². The third-order valence-electron chi connectivity index (χ3n) is 23.5. The first-order chi connectivity index (χ1) is 51.1. The smallest absolute Gasteiger partial charge is 0.342 e. The van der Waals surface area contributed by atoms with Crippen LogP contribution in [0.25, 0.3) is 69.9 Å². The maximum absolute atomic E-state index is 14.0. The molecule has 0 N–H and O–H groups in total. The summed E-state index contributed by atoms with van der Waals surface area (Å²) in [7, 11) is -5.27. The number of fused-ring (bicyclic) bond motifs is 5. The topological polar surface area (TPSA) is 105 Å². The number of esters is 4. The van der Waals surface area contributed by atoms with E-state index in [2.05, 4.69) is 230 Å². The van der Waals surface area contributed by atoms with Crippen molar-refractivity contribution >= 4 is 235 Å². The summed E-state index contributed by atoms with van der Waals surface area (Å²) in [6.45, 7) is 59.3. The molecule has 7 heterocycles. The molecule has 0 unspecified atom stereocenters. The Hall–Kier alpha value is -3.23. The maximum atomic E-state index is 14.0. The summed E-state index contributed by atoms with van der Waals surface area (Å²) in [4.78, 5) is 53.5. The van der Waals surface area contributed by atoms with Crippen LogP contribution < -0.4 is 17.1 Å². The average molecular weight is 1790 g/mol. The van der Waals surface area contributed by atoms with Gasteiger partial charge < -0.3 is 18.9 Å². The molecule has 108 heavy (non-hydrogen) atoms. The van der Waals surface area contributed by atoms with Gasteiger partial charge in [0.15, 0.2) is 0 Å². The summed E-state index contributed by atoms with van der Waals surface area (Å²) in [5.41, 5.74) is 9.60. The minimum Gasteiger partial charge on any atom is -0.462 e. The first-order valence-corrected chi connectivity index (χ1v) is 60.6. The van der Waals surface area contributed by atoms with Crippen molar-refractivity contribution in [1.29, 1.82) is 0 Å². The molecule has 0 spiro atoms. The summed E-state index contributed by atoms with van der Waals surface area (Å²) >= 11 is 21.1. The van der Waals surface area contributed by atoms with Gasteiger partial charge in [-0.15, -0.1) is 68.0 Å². The van der Waals surface area contributed by atoms with E-state index in [0.717, 1.165) is 69.6 Å². The Morgan fingerprint density at radius 3 is 0.870 bits per heavy atom. The number of carbonyl (C=O) groups excluding carboxylic acids is 4. The summed E-state index contributed by atoms with van der Waals surface area (Å²) < 4.78 is 40.2. The standard InChI is InChI=1S/C46H60O4S4Si2.C17H25SSi.C12H10Cl2O4S2.3C4H9.Sn/c1-15-49-45(47)39-41(33-19-17-31-23-37(51-35(31)21-33)55(25(3)4,26(5)6)27(7)8)53-44-40(46(48)50-16-2)42(54-43(39)44)34-20-18-32-24-38(52-36(32)22-34)56(28(9)10,29(11)12)30(13)14;1-12(2)19(13(3)4,14(5)6)17-11-15-9-7-8-10-16(15)18-17;1-3-17-11(15)5-7-8(20-9(5)13)6(10(14)19-7)12(16)18-4-2;3*1-3-4-2;/h17-30H,15-16H2,1-14H3;7,9-14H,1-6H3;3-4H2,1-2H3;3*1,3-4H2,2H3;. The molecule has 0 fully saturated rings. The minimum absolute atomic E-state index is 0.246. The summed E-state index contributed by atoms with van der Waals surface area (Å²) in [6.07, 6.45) is 8.40. The van der Waals surface area contributed by atoms with Crippen molar-refractivity contribution in [3.63, 3.8) is 0 Å². The van der Waals surface area contributed by atoms with E-state index >= 15 is 0 Å². The molecule has 3 aromatic carbocycles. The van der Waals surface area contributed by atoms with Crippen molar-refractivity contribution in [3.8, 4) is 20.9 Å². The third-order valence-corrected chi connectivity index (χ3v) is 71.7. The first kappa shape index (κ1) is 90.3. The van der Waals surface area contributed by atoms with Crippen molar-refractivity contribution in [1.82, 2.24) is 0 Å². The van der Waals surface area contributed by atoms with E-state index in [0.29, 0.717) is 53.8 Å². The zero-order valence-corrected chi connectivity index (χ0v) is 82.3. The van der Waals surface area contributed by atoms with Gasteiger partial charge in [0.2, 0.25) is 0 Å². The third kappa shape index (κ3) is 17.8. The number of ether oxygens (including phenoxy) is 4. The minimum atomic E-state index is -2.36. The molecule has 7 aromatic heterocycles. The molecule has 0 saturated heterocycles. The fourth-order valence-electron chi connectivity index (χ4n) is 19.0. The predicted octanol–water partition coefficient (Wildman–Crippen LogP) is 29.3. The molecular formula is C87H122Cl2O8S7Si3Sn. The Morgan fingerprint density at radius 2 is 0.602 bits per heavy atom. The molecule has 0 aliphatic heterocycles. The quantitative estimate of drug-likeness (QED) is 0.0233. The van der Waals surface area contributed by atoms with Crippen molar-refractivity contribution in [2.45, 2.75) is 275 Å². The van der Waals surface area contributed by atoms with E-state index in [1.165, 1.54) is 86.8 Å². The molecule has 0 saturated carbocycles. The summed E-state index contributed by atoms with van der Waals surface area (Å²) in [5, 5.41) is 4.02. The molecule has 0 aliphatic carbocycles. The molecule has 10 rings (SSSR count). The molecule has 10 aromatic rings. The van der Waals surface area contributed by atoms with Crippen LogP contribution in [-0.4, -0.2) is 92.9 Å². The average Bonchev–Trinajstić information content (AvgIpc) is 1.58. The van der Waals surface area contributed by atoms with Crippen LogP contribution in [0.2, 0.25) is 71.9 Å². The van der Waals surface area contributed by atoms with Gasteiger partial charge in [-0.25, -0.2) is 19.2 Å². The molecule has 0 radical (unpaired) electrons. The number of benzene rings is 3. The van der Waals surface area contributed by atoms with Crippen LogP contribution in [-0.2, 0) is 18.9 Å². The van der Waals surface area contributed by atoms with Gasteiger partial charge in [0.25, 0.3) is 0 Å². The van der Waals surface area contributed by atoms with Gasteiger partial charge in [-0.1, -0.05) is 131 Å². The Kier molecular flexibility index (Phi) is 32.6. The largest absolute Gasteiger partial charge is 0.462 e. The zero-order valence-electron chi connectivity index (χ0n) is 69.2. The monoisotopic (exact) mass is 1790 g/mol. The van der Waals surface area contributed by atoms with Gasteiger partial charge in [-0.05, 0) is 116 Å². The van der Waals surface area contributed by atoms with Gasteiger partial charge in [-0.2, -0.15) is 0 Å². The van der Waals surface area contributed by atoms with E-state index < -0.39 is 54.5 Å². The first-order valence-electron chi connectivity index (χ1n) is 40.0. The number of hydrogen-bond acceptors (Lipinski definition) is 15. The Bertz CT molecular complexity index is 4420. The van der Waals surface area contributed by atoms with Crippen molar-refractivity contribution in [2.24, 2.45) is 0 Å². The van der Waals surface area contributed by atoms with Crippen molar-refractivity contribution in [3.05, 3.63) is 104 Å². The van der Waals surface area contributed by atoms with Crippen LogP contribution in [0.4, 0.5) is 0 Å². The number of carbonyl (C=O) groups is 4. The Morgan fingerprint density at radius 1 is 0.343 bits per heavy atom. The molecule has 0 bridgehead atoms. The van der Waals surface area contributed by atoms with Crippen molar-refractivity contribution in [2.75, 3.05) is 26.4 Å². The SMILES string of the molecule is CCC[CH2][Sn]([CH2]CCC)([CH2]CCC)[c]1ccc2cc([Si](C(C)C)(C(C)C)C(C)C)sc2c1.CCOC(=O)c1c(-c2ccc3cc([Si](C(C)C)(C(C)C)C(C)C)sc3c2)sc2c(C(=O)OCC)c(-c3ccc4cc([Si](C(C)C)(C(C)C)C(C)C)sc4c3)sc12.CCOC(=O)c1c(Cl)sc2c(C(=O)OCC)c(Cl)sc12. The Labute approximate surface area is 692 Å². The van der Waals surface area contributed by atoms with E-state index in [9.17, 15) is 19.2 Å². The van der Waals surface area contributed by atoms with Crippen LogP contribution in [0.15, 0.2) is 72.8 Å². The number of unbranched alkanes of at least 4 members (excludes halogenated alkanes) is 3. The second kappa shape index (κ2) is 38.9. The van der Waals surface area contributed by atoms with Crippen LogP contribution in [0, 0.1) is 0 Å². The second-order valence-corrected chi connectivity index (χ2v) is 72.7. The molecular weight excluding hydrogens is 1670 g/mol. The summed E-state index contributed by atoms with van der Waals surface area (Å²) in [5.74, 6) is -1.75. The fourth-order valence-corrected chi connectivity index (χ4v) is 71.7.